The van der Waals surface area contributed by atoms with Gasteiger partial charge in [0, 0.05) is 30.6 Å². The summed E-state index contributed by atoms with van der Waals surface area (Å²) in [6.07, 6.45) is 4.47. The number of fused-ring (bicyclic) bond motifs is 1. The predicted molar refractivity (Wildman–Crippen MR) is 186 cm³/mol. The van der Waals surface area contributed by atoms with Gasteiger partial charge in [-0.25, -0.2) is 9.48 Å². The average molecular weight is 664 g/mol. The molecule has 9 heteroatoms. The van der Waals surface area contributed by atoms with E-state index in [1.807, 2.05) is 72.3 Å². The number of carbonyl (C=O) groups excluding carboxylic acids is 3. The van der Waals surface area contributed by atoms with Crippen molar-refractivity contribution in [1.82, 2.24) is 9.78 Å². The summed E-state index contributed by atoms with van der Waals surface area (Å²) in [5, 5.41) is 4.94. The van der Waals surface area contributed by atoms with E-state index in [1.54, 1.807) is 25.2 Å². The Kier molecular flexibility index (Phi) is 10.3. The Morgan fingerprint density at radius 2 is 1.63 bits per heavy atom. The summed E-state index contributed by atoms with van der Waals surface area (Å²) >= 11 is 0. The molecule has 1 aromatic heterocycles. The maximum absolute atomic E-state index is 14.7. The second kappa shape index (κ2) is 14.8. The smallest absolute Gasteiger partial charge is 0.414 e. The molecule has 1 fully saturated rings. The highest BCUT2D eigenvalue weighted by molar-refractivity contribution is 6.13. The number of ketones is 1. The van der Waals surface area contributed by atoms with Crippen molar-refractivity contribution < 1.29 is 28.6 Å². The molecular formula is C40H45N3O6. The number of aryl methyl sites for hydroxylation is 1. The summed E-state index contributed by atoms with van der Waals surface area (Å²) in [5.41, 5.74) is 5.73. The van der Waals surface area contributed by atoms with Crippen LogP contribution in [-0.4, -0.2) is 41.3 Å². The standard InChI is InChI=1S/C40H45N3O6/c1-27-23-30(42(4)39(46)49-26-29-15-9-6-10-16-29)18-19-31(27)35(38(45)48-25-28-13-7-5-8-14-28)37(44)36-32-20-21-40(2,3)24-33(32)43(41-36)34-17-11-12-22-47-34/h5-10,13-16,18-19,23,34-35H,11-12,17,20-22,24-26H2,1-4H3. The lowest BCUT2D eigenvalue weighted by molar-refractivity contribution is -0.145. The van der Waals surface area contributed by atoms with Crippen molar-refractivity contribution >= 4 is 23.5 Å². The fourth-order valence-corrected chi connectivity index (χ4v) is 6.75. The number of benzene rings is 3. The molecule has 9 nitrogen and oxygen atoms in total. The molecule has 0 spiro atoms. The van der Waals surface area contributed by atoms with E-state index >= 15 is 0 Å². The topological polar surface area (TPSA) is 100.0 Å². The summed E-state index contributed by atoms with van der Waals surface area (Å²) in [4.78, 5) is 43.1. The lowest BCUT2D eigenvalue weighted by atomic mass is 9.75. The minimum atomic E-state index is -1.25. The van der Waals surface area contributed by atoms with E-state index in [4.69, 9.17) is 19.3 Å². The molecule has 256 valence electrons. The van der Waals surface area contributed by atoms with Crippen LogP contribution in [0.5, 0.6) is 0 Å². The first-order valence-electron chi connectivity index (χ1n) is 17.1. The molecule has 0 N–H and O–H groups in total. The highest BCUT2D eigenvalue weighted by Crippen LogP contribution is 2.40. The van der Waals surface area contributed by atoms with E-state index in [2.05, 4.69) is 13.8 Å². The molecule has 2 unspecified atom stereocenters. The van der Waals surface area contributed by atoms with Gasteiger partial charge in [0.25, 0.3) is 0 Å². The number of Topliss-reactive ketones (excluding diaryl/α,β-unsaturated/α-hetero) is 1. The maximum atomic E-state index is 14.7. The number of aromatic nitrogens is 2. The van der Waals surface area contributed by atoms with Crippen LogP contribution in [-0.2, 0) is 45.1 Å². The Bertz CT molecular complexity index is 1790. The summed E-state index contributed by atoms with van der Waals surface area (Å²) in [6.45, 7) is 7.14. The van der Waals surface area contributed by atoms with Gasteiger partial charge in [-0.15, -0.1) is 0 Å². The molecule has 0 bridgehead atoms. The van der Waals surface area contributed by atoms with Crippen LogP contribution in [0.15, 0.2) is 78.9 Å². The fraction of sp³-hybridized carbons (Fsp3) is 0.400. The molecule has 1 aliphatic heterocycles. The van der Waals surface area contributed by atoms with Crippen molar-refractivity contribution in [2.24, 2.45) is 5.41 Å². The Morgan fingerprint density at radius 3 is 2.27 bits per heavy atom. The van der Waals surface area contributed by atoms with Crippen molar-refractivity contribution in [1.29, 1.82) is 0 Å². The van der Waals surface area contributed by atoms with Crippen LogP contribution in [0.4, 0.5) is 10.5 Å². The van der Waals surface area contributed by atoms with Crippen molar-refractivity contribution in [2.45, 2.75) is 84.7 Å². The van der Waals surface area contributed by atoms with Crippen LogP contribution in [0.1, 0.15) is 95.7 Å². The quantitative estimate of drug-likeness (QED) is 0.0967. The number of amides is 1. The van der Waals surface area contributed by atoms with Crippen molar-refractivity contribution in [3.8, 4) is 0 Å². The normalized spacial score (nSPS) is 17.4. The number of hydrogen-bond donors (Lipinski definition) is 0. The molecule has 49 heavy (non-hydrogen) atoms. The van der Waals surface area contributed by atoms with Gasteiger partial charge in [0.2, 0.25) is 5.78 Å². The zero-order valence-corrected chi connectivity index (χ0v) is 28.8. The van der Waals surface area contributed by atoms with Gasteiger partial charge in [0.15, 0.2) is 0 Å². The van der Waals surface area contributed by atoms with E-state index in [0.717, 1.165) is 54.5 Å². The lowest BCUT2D eigenvalue weighted by Gasteiger charge is -2.32. The number of anilines is 1. The second-order valence-electron chi connectivity index (χ2n) is 13.9. The molecule has 4 aromatic rings. The molecule has 1 saturated heterocycles. The molecule has 1 aliphatic carbocycles. The third-order valence-corrected chi connectivity index (χ3v) is 9.63. The first-order valence-corrected chi connectivity index (χ1v) is 17.1. The van der Waals surface area contributed by atoms with E-state index in [-0.39, 0.29) is 24.9 Å². The van der Waals surface area contributed by atoms with Gasteiger partial charge < -0.3 is 14.2 Å². The Balaban J connectivity index is 1.32. The van der Waals surface area contributed by atoms with Gasteiger partial charge in [0.1, 0.15) is 31.1 Å². The Labute approximate surface area is 288 Å². The highest BCUT2D eigenvalue weighted by Gasteiger charge is 2.40. The molecule has 2 atom stereocenters. The molecule has 3 aromatic carbocycles. The molecule has 0 saturated carbocycles. The van der Waals surface area contributed by atoms with Gasteiger partial charge >= 0.3 is 12.1 Å². The zero-order valence-electron chi connectivity index (χ0n) is 28.8. The highest BCUT2D eigenvalue weighted by atomic mass is 16.6. The second-order valence-corrected chi connectivity index (χ2v) is 13.9. The van der Waals surface area contributed by atoms with Gasteiger partial charge in [-0.1, -0.05) is 80.6 Å². The van der Waals surface area contributed by atoms with E-state index in [9.17, 15) is 14.4 Å². The lowest BCUT2D eigenvalue weighted by Crippen LogP contribution is -2.29. The summed E-state index contributed by atoms with van der Waals surface area (Å²) in [7, 11) is 1.63. The van der Waals surface area contributed by atoms with Crippen LogP contribution in [0.2, 0.25) is 0 Å². The summed E-state index contributed by atoms with van der Waals surface area (Å²) in [5.74, 6) is -2.29. The van der Waals surface area contributed by atoms with E-state index in [1.165, 1.54) is 4.90 Å². The zero-order chi connectivity index (χ0) is 34.5. The molecule has 0 radical (unpaired) electrons. The number of rotatable bonds is 10. The third kappa shape index (κ3) is 7.78. The van der Waals surface area contributed by atoms with Gasteiger partial charge in [-0.3, -0.25) is 14.5 Å². The number of ether oxygens (including phenoxy) is 3. The molecule has 2 aliphatic rings. The first-order chi connectivity index (χ1) is 23.6. The van der Waals surface area contributed by atoms with Crippen molar-refractivity contribution in [3.63, 3.8) is 0 Å². The maximum Gasteiger partial charge on any atom is 0.414 e. The largest absolute Gasteiger partial charge is 0.460 e. The minimum Gasteiger partial charge on any atom is -0.460 e. The van der Waals surface area contributed by atoms with Crippen molar-refractivity contribution in [2.75, 3.05) is 18.6 Å². The first kappa shape index (κ1) is 34.1. The van der Waals surface area contributed by atoms with Crippen LogP contribution in [0.25, 0.3) is 0 Å². The Morgan fingerprint density at radius 1 is 0.959 bits per heavy atom. The van der Waals surface area contributed by atoms with Crippen LogP contribution in [0, 0.1) is 12.3 Å². The molecule has 1 amide bonds. The third-order valence-electron chi connectivity index (χ3n) is 9.63. The fourth-order valence-electron chi connectivity index (χ4n) is 6.75. The molecule has 6 rings (SSSR count). The van der Waals surface area contributed by atoms with Crippen LogP contribution >= 0.6 is 0 Å². The van der Waals surface area contributed by atoms with Crippen LogP contribution in [0.3, 0.4) is 0 Å². The average Bonchev–Trinajstić information content (AvgIpc) is 3.49. The minimum absolute atomic E-state index is 0.0349. The van der Waals surface area contributed by atoms with Gasteiger partial charge in [-0.2, -0.15) is 5.10 Å². The summed E-state index contributed by atoms with van der Waals surface area (Å²) in [6, 6.07) is 24.1. The van der Waals surface area contributed by atoms with E-state index < -0.39 is 23.8 Å². The van der Waals surface area contributed by atoms with Crippen molar-refractivity contribution in [3.05, 3.63) is 118 Å². The summed E-state index contributed by atoms with van der Waals surface area (Å²) < 4.78 is 19.4. The monoisotopic (exact) mass is 663 g/mol. The number of carbonyl (C=O) groups is 3. The SMILES string of the molecule is Cc1cc(N(C)C(=O)OCc2ccccc2)ccc1C(C(=O)OCc1ccccc1)C(=O)c1nn(C2CCCCO2)c2c1CCC(C)(C)C2. The Hall–Kier alpha value is -4.76. The predicted octanol–water partition coefficient (Wildman–Crippen LogP) is 7.89. The molecule has 2 heterocycles. The van der Waals surface area contributed by atoms with Gasteiger partial charge in [0.05, 0.1) is 0 Å². The van der Waals surface area contributed by atoms with E-state index in [0.29, 0.717) is 35.5 Å². The molecular weight excluding hydrogens is 618 g/mol. The van der Waals surface area contributed by atoms with Crippen LogP contribution < -0.4 is 4.90 Å². The van der Waals surface area contributed by atoms with Gasteiger partial charge in [-0.05, 0) is 85.3 Å². The number of hydrogen-bond acceptors (Lipinski definition) is 7. The number of esters is 1. The number of nitrogens with zero attached hydrogens (tertiary/aromatic N) is 3.